The van der Waals surface area contributed by atoms with Crippen LogP contribution in [0, 0.1) is 12.8 Å². The first-order valence-electron chi connectivity index (χ1n) is 14.8. The van der Waals surface area contributed by atoms with Crippen LogP contribution in [0.2, 0.25) is 5.02 Å². The summed E-state index contributed by atoms with van der Waals surface area (Å²) in [5.41, 5.74) is 1.69. The number of carbonyl (C=O) groups excluding carboxylic acids is 2. The lowest BCUT2D eigenvalue weighted by molar-refractivity contribution is -0.156. The molecule has 2 unspecified atom stereocenters. The van der Waals surface area contributed by atoms with Gasteiger partial charge in [-0.3, -0.25) is 14.2 Å². The van der Waals surface area contributed by atoms with Gasteiger partial charge in [-0.15, -0.1) is 10.2 Å². The zero-order chi connectivity index (χ0) is 32.7. The van der Waals surface area contributed by atoms with Crippen LogP contribution in [-0.2, 0) is 24.4 Å². The maximum absolute atomic E-state index is 14.7. The Hall–Kier alpha value is -3.28. The van der Waals surface area contributed by atoms with E-state index in [1.165, 1.54) is 4.57 Å². The fourth-order valence-electron chi connectivity index (χ4n) is 5.97. The van der Waals surface area contributed by atoms with Crippen LogP contribution < -0.4 is 4.74 Å². The Balaban J connectivity index is 1.47. The van der Waals surface area contributed by atoms with Crippen molar-refractivity contribution in [3.8, 4) is 11.4 Å². The highest BCUT2D eigenvalue weighted by molar-refractivity contribution is 6.30. The van der Waals surface area contributed by atoms with Crippen molar-refractivity contribution in [2.45, 2.75) is 76.6 Å². The number of carbonyl (C=O) groups is 2. The zero-order valence-corrected chi connectivity index (χ0v) is 27.3. The number of likely N-dealkylation sites (tertiary alicyclic amines) is 1. The van der Waals surface area contributed by atoms with Gasteiger partial charge in [-0.25, -0.2) is 0 Å². The Morgan fingerprint density at radius 1 is 1.07 bits per heavy atom. The molecule has 2 atom stereocenters. The number of aromatic nitrogens is 3. The number of nitrogens with zero attached hydrogens (tertiary/aromatic N) is 4. The van der Waals surface area contributed by atoms with Crippen molar-refractivity contribution in [2.75, 3.05) is 20.2 Å². The molecule has 1 fully saturated rings. The van der Waals surface area contributed by atoms with E-state index in [1.807, 2.05) is 39.8 Å². The van der Waals surface area contributed by atoms with Crippen LogP contribution >= 0.6 is 23.2 Å². The van der Waals surface area contributed by atoms with E-state index in [2.05, 4.69) is 10.2 Å². The smallest absolute Gasteiger partial charge is 0.382 e. The molecule has 0 bridgehead atoms. The average Bonchev–Trinajstić information content (AvgIpc) is 3.36. The maximum atomic E-state index is 14.7. The fourth-order valence-corrected chi connectivity index (χ4v) is 6.28. The molecule has 45 heavy (non-hydrogen) atoms. The topological polar surface area (TPSA) is 95.8 Å². The molecule has 0 saturated carbocycles. The van der Waals surface area contributed by atoms with Gasteiger partial charge in [-0.2, -0.15) is 8.78 Å². The third-order valence-corrected chi connectivity index (χ3v) is 8.48. The third-order valence-electron chi connectivity index (χ3n) is 8.07. The van der Waals surface area contributed by atoms with Gasteiger partial charge in [0.15, 0.2) is 5.82 Å². The van der Waals surface area contributed by atoms with Gasteiger partial charge in [0.05, 0.1) is 19.2 Å². The van der Waals surface area contributed by atoms with Gasteiger partial charge in [0, 0.05) is 30.1 Å². The van der Waals surface area contributed by atoms with Crippen LogP contribution in [-0.4, -0.2) is 57.3 Å². The van der Waals surface area contributed by atoms with Gasteiger partial charge in [0.1, 0.15) is 23.6 Å². The Kier molecular flexibility index (Phi) is 9.45. The van der Waals surface area contributed by atoms with Crippen molar-refractivity contribution in [2.24, 2.45) is 5.92 Å². The number of rotatable bonds is 7. The summed E-state index contributed by atoms with van der Waals surface area (Å²) < 4.78 is 48.3. The molecule has 1 amide bonds. The average molecular weight is 666 g/mol. The van der Waals surface area contributed by atoms with Crippen molar-refractivity contribution in [1.82, 2.24) is 19.7 Å². The lowest BCUT2D eigenvalue weighted by Crippen LogP contribution is -2.40. The first kappa shape index (κ1) is 33.1. The van der Waals surface area contributed by atoms with Crippen LogP contribution in [0.25, 0.3) is 5.69 Å². The summed E-state index contributed by atoms with van der Waals surface area (Å²) in [5, 5.41) is 4.32. The molecule has 2 aliphatic rings. The minimum atomic E-state index is -3.86. The lowest BCUT2D eigenvalue weighted by Gasteiger charge is -2.33. The van der Waals surface area contributed by atoms with Crippen LogP contribution in [0.4, 0.5) is 8.78 Å². The molecule has 1 aromatic heterocycles. The standard InChI is InChI=1S/C32H36Cl2F2N4O5/c1-18-21(7-6-8-24(18)43-5)28-22-16-20(33)9-10-23(22)40-29(37-38-30(40)32(34,35)36)25(44-28)17-26(41)39-13-11-19(12-14-39)15-27(42)45-31(2,3)4/h6-10,16,19,25,28H,11-15,17H2,1-5H3. The zero-order valence-electron chi connectivity index (χ0n) is 25.8. The number of halogens is 4. The van der Waals surface area contributed by atoms with E-state index in [4.69, 9.17) is 37.4 Å². The number of hydrogen-bond donors (Lipinski definition) is 0. The monoisotopic (exact) mass is 664 g/mol. The van der Waals surface area contributed by atoms with Crippen molar-refractivity contribution in [1.29, 1.82) is 0 Å². The fraction of sp³-hybridized carbons (Fsp3) is 0.500. The van der Waals surface area contributed by atoms with Crippen molar-refractivity contribution in [3.63, 3.8) is 0 Å². The van der Waals surface area contributed by atoms with Crippen LogP contribution in [0.1, 0.15) is 87.0 Å². The van der Waals surface area contributed by atoms with Crippen LogP contribution in [0.5, 0.6) is 5.75 Å². The Bertz CT molecular complexity index is 1580. The summed E-state index contributed by atoms with van der Waals surface area (Å²) in [7, 11) is 1.55. The summed E-state index contributed by atoms with van der Waals surface area (Å²) in [5.74, 6) is -0.578. The third kappa shape index (κ3) is 7.26. The molecule has 0 N–H and O–H groups in total. The summed E-state index contributed by atoms with van der Waals surface area (Å²) >= 11 is 11.9. The molecule has 242 valence electrons. The molecule has 2 aliphatic heterocycles. The predicted molar refractivity (Wildman–Crippen MR) is 164 cm³/mol. The van der Waals surface area contributed by atoms with Gasteiger partial charge in [0.2, 0.25) is 11.7 Å². The minimum absolute atomic E-state index is 0.0186. The van der Waals surface area contributed by atoms with Gasteiger partial charge in [0.25, 0.3) is 0 Å². The maximum Gasteiger partial charge on any atom is 0.382 e. The summed E-state index contributed by atoms with van der Waals surface area (Å²) in [4.78, 5) is 27.8. The Morgan fingerprint density at radius 2 is 1.78 bits per heavy atom. The van der Waals surface area contributed by atoms with Crippen molar-refractivity contribution in [3.05, 3.63) is 69.8 Å². The van der Waals surface area contributed by atoms with E-state index in [-0.39, 0.29) is 36.5 Å². The number of methoxy groups -OCH3 is 1. The van der Waals surface area contributed by atoms with E-state index in [1.54, 1.807) is 36.3 Å². The van der Waals surface area contributed by atoms with Crippen molar-refractivity contribution < 1.29 is 32.6 Å². The summed E-state index contributed by atoms with van der Waals surface area (Å²) in [6, 6.07) is 10.3. The number of benzene rings is 2. The Labute approximate surface area is 270 Å². The minimum Gasteiger partial charge on any atom is -0.496 e. The van der Waals surface area contributed by atoms with Gasteiger partial charge in [-0.1, -0.05) is 23.7 Å². The van der Waals surface area contributed by atoms with Gasteiger partial charge < -0.3 is 19.1 Å². The normalized spacial score (nSPS) is 19.0. The number of hydrogen-bond acceptors (Lipinski definition) is 7. The number of fused-ring (bicyclic) bond motifs is 3. The molecule has 2 aromatic carbocycles. The van der Waals surface area contributed by atoms with Crippen LogP contribution in [0.3, 0.4) is 0 Å². The van der Waals surface area contributed by atoms with Crippen molar-refractivity contribution >= 4 is 35.1 Å². The van der Waals surface area contributed by atoms with E-state index in [0.717, 1.165) is 5.56 Å². The largest absolute Gasteiger partial charge is 0.496 e. The highest BCUT2D eigenvalue weighted by Crippen LogP contribution is 2.46. The highest BCUT2D eigenvalue weighted by atomic mass is 35.5. The number of piperidine rings is 1. The van der Waals surface area contributed by atoms with E-state index >= 15 is 0 Å². The number of alkyl halides is 3. The quantitative estimate of drug-likeness (QED) is 0.197. The number of amides is 1. The Morgan fingerprint density at radius 3 is 2.42 bits per heavy atom. The highest BCUT2D eigenvalue weighted by Gasteiger charge is 2.42. The second kappa shape index (κ2) is 12.8. The molecule has 0 spiro atoms. The second-order valence-corrected chi connectivity index (χ2v) is 13.3. The van der Waals surface area contributed by atoms with E-state index < -0.39 is 29.0 Å². The first-order chi connectivity index (χ1) is 21.2. The molecular formula is C32H36Cl2F2N4O5. The first-order valence-corrected chi connectivity index (χ1v) is 15.5. The number of esters is 1. The molecule has 0 radical (unpaired) electrons. The molecular weight excluding hydrogens is 629 g/mol. The second-order valence-electron chi connectivity index (χ2n) is 12.4. The molecule has 1 saturated heterocycles. The molecule has 0 aliphatic carbocycles. The van der Waals surface area contributed by atoms with Gasteiger partial charge >= 0.3 is 11.4 Å². The van der Waals surface area contributed by atoms with E-state index in [9.17, 15) is 18.4 Å². The predicted octanol–water partition coefficient (Wildman–Crippen LogP) is 7.05. The molecule has 3 aromatic rings. The van der Waals surface area contributed by atoms with Gasteiger partial charge in [-0.05, 0) is 93.4 Å². The summed E-state index contributed by atoms with van der Waals surface area (Å²) in [6.45, 7) is 8.22. The lowest BCUT2D eigenvalue weighted by atomic mass is 9.93. The summed E-state index contributed by atoms with van der Waals surface area (Å²) in [6.07, 6.45) is -0.547. The van der Waals surface area contributed by atoms with E-state index in [0.29, 0.717) is 53.5 Å². The SMILES string of the molecule is COc1cccc(C2OC(CC(=O)N3CCC(CC(=O)OC(C)(C)C)CC3)c3nnc(C(F)(F)Cl)n3-c3ccc(Cl)cc32)c1C. The molecule has 9 nitrogen and oxygen atoms in total. The molecule has 3 heterocycles. The molecule has 13 heteroatoms. The number of ether oxygens (including phenoxy) is 3. The van der Waals surface area contributed by atoms with Crippen LogP contribution in [0.15, 0.2) is 36.4 Å². The molecule has 5 rings (SSSR count).